The first-order valence-electron chi connectivity index (χ1n) is 4.87. The fraction of sp³-hybridized carbons (Fsp3) is 0.273. The second kappa shape index (κ2) is 3.73. The molecule has 78 valence electrons. The second-order valence-corrected chi connectivity index (χ2v) is 3.52. The highest BCUT2D eigenvalue weighted by Crippen LogP contribution is 2.15. The zero-order valence-electron chi connectivity index (χ0n) is 8.77. The third kappa shape index (κ3) is 1.83. The Bertz CT molecular complexity index is 489. The normalized spacial score (nSPS) is 12.7. The molecule has 0 saturated carbocycles. The van der Waals surface area contributed by atoms with Crippen molar-refractivity contribution in [3.63, 3.8) is 0 Å². The summed E-state index contributed by atoms with van der Waals surface area (Å²) in [5.41, 5.74) is 1.97. The van der Waals surface area contributed by atoms with Gasteiger partial charge in [-0.3, -0.25) is 4.79 Å². The molecule has 1 unspecified atom stereocenters. The number of amides is 1. The number of nitrogens with one attached hydrogen (secondary N) is 1. The molecular formula is C11H13N3O. The molecule has 1 aromatic heterocycles. The molecule has 0 aliphatic carbocycles. The Morgan fingerprint density at radius 3 is 2.93 bits per heavy atom. The van der Waals surface area contributed by atoms with E-state index in [0.717, 1.165) is 11.0 Å². The van der Waals surface area contributed by atoms with Gasteiger partial charge < -0.3 is 9.88 Å². The molecule has 0 spiro atoms. The summed E-state index contributed by atoms with van der Waals surface area (Å²) in [6.07, 6.45) is 1.67. The number of hydrogen-bond donors (Lipinski definition) is 1. The van der Waals surface area contributed by atoms with Gasteiger partial charge in [0.1, 0.15) is 6.17 Å². The largest absolute Gasteiger partial charge is 0.336 e. The Labute approximate surface area is 87.9 Å². The zero-order chi connectivity index (χ0) is 10.8. The Morgan fingerprint density at radius 1 is 1.47 bits per heavy atom. The average molecular weight is 203 g/mol. The summed E-state index contributed by atoms with van der Waals surface area (Å²) >= 11 is 0. The third-order valence-electron chi connectivity index (χ3n) is 2.31. The van der Waals surface area contributed by atoms with Crippen molar-refractivity contribution in [3.05, 3.63) is 30.6 Å². The van der Waals surface area contributed by atoms with Crippen molar-refractivity contribution in [1.29, 1.82) is 0 Å². The van der Waals surface area contributed by atoms with E-state index < -0.39 is 0 Å². The van der Waals surface area contributed by atoms with Gasteiger partial charge in [0.05, 0.1) is 17.4 Å². The summed E-state index contributed by atoms with van der Waals surface area (Å²) < 4.78 is 1.94. The Balaban J connectivity index is 2.39. The molecule has 1 amide bonds. The highest BCUT2D eigenvalue weighted by molar-refractivity contribution is 5.76. The van der Waals surface area contributed by atoms with Crippen LogP contribution in [0.1, 0.15) is 20.0 Å². The van der Waals surface area contributed by atoms with Crippen LogP contribution in [0, 0.1) is 0 Å². The lowest BCUT2D eigenvalue weighted by atomic mass is 10.3. The van der Waals surface area contributed by atoms with E-state index in [1.165, 1.54) is 6.92 Å². The molecule has 0 bridgehead atoms. The fourth-order valence-electron chi connectivity index (χ4n) is 1.65. The molecule has 2 rings (SSSR count). The maximum absolute atomic E-state index is 10.9. The zero-order valence-corrected chi connectivity index (χ0v) is 8.77. The monoisotopic (exact) mass is 203 g/mol. The molecule has 4 nitrogen and oxygen atoms in total. The highest BCUT2D eigenvalue weighted by atomic mass is 16.1. The minimum atomic E-state index is -0.0742. The predicted molar refractivity (Wildman–Crippen MR) is 58.3 cm³/mol. The standard InChI is InChI=1S/C11H13N3O/c1-8(13-9(2)15)14-7-12-10-5-3-4-6-11(10)14/h3-8H,1-2H3,(H,13,15). The average Bonchev–Trinajstić information content (AvgIpc) is 2.59. The van der Waals surface area contributed by atoms with E-state index in [1.807, 2.05) is 35.8 Å². The van der Waals surface area contributed by atoms with E-state index in [4.69, 9.17) is 0 Å². The van der Waals surface area contributed by atoms with Crippen LogP contribution in [0.5, 0.6) is 0 Å². The summed E-state index contributed by atoms with van der Waals surface area (Å²) in [7, 11) is 0. The highest BCUT2D eigenvalue weighted by Gasteiger charge is 2.08. The van der Waals surface area contributed by atoms with Gasteiger partial charge in [-0.1, -0.05) is 12.1 Å². The SMILES string of the molecule is CC(=O)NC(C)n1cnc2ccccc21. The molecule has 1 atom stereocenters. The van der Waals surface area contributed by atoms with Crippen molar-refractivity contribution >= 4 is 16.9 Å². The first-order valence-corrected chi connectivity index (χ1v) is 4.87. The number of carbonyl (C=O) groups excluding carboxylic acids is 1. The van der Waals surface area contributed by atoms with Gasteiger partial charge >= 0.3 is 0 Å². The van der Waals surface area contributed by atoms with Crippen molar-refractivity contribution < 1.29 is 4.79 Å². The predicted octanol–water partition coefficient (Wildman–Crippen LogP) is 1.69. The van der Waals surface area contributed by atoms with Crippen LogP contribution in [-0.2, 0) is 4.79 Å². The number of nitrogens with zero attached hydrogens (tertiary/aromatic N) is 2. The Hall–Kier alpha value is -1.84. The molecule has 0 aliphatic heterocycles. The van der Waals surface area contributed by atoms with Crippen molar-refractivity contribution in [2.75, 3.05) is 0 Å². The van der Waals surface area contributed by atoms with Gasteiger partial charge in [-0.2, -0.15) is 0 Å². The molecule has 1 N–H and O–H groups in total. The molecule has 1 aromatic carbocycles. The van der Waals surface area contributed by atoms with Crippen LogP contribution in [0.3, 0.4) is 0 Å². The van der Waals surface area contributed by atoms with Crippen LogP contribution in [0.15, 0.2) is 30.6 Å². The number of aromatic nitrogens is 2. The van der Waals surface area contributed by atoms with Crippen LogP contribution in [-0.4, -0.2) is 15.5 Å². The lowest BCUT2D eigenvalue weighted by Gasteiger charge is -2.14. The quantitative estimate of drug-likeness (QED) is 0.807. The number of hydrogen-bond acceptors (Lipinski definition) is 2. The molecular weight excluding hydrogens is 190 g/mol. The number of benzene rings is 1. The van der Waals surface area contributed by atoms with Crippen molar-refractivity contribution in [3.8, 4) is 0 Å². The van der Waals surface area contributed by atoms with Crippen LogP contribution < -0.4 is 5.32 Å². The molecule has 2 aromatic rings. The topological polar surface area (TPSA) is 46.9 Å². The maximum atomic E-state index is 10.9. The van der Waals surface area contributed by atoms with Gasteiger partial charge in [-0.25, -0.2) is 4.98 Å². The first kappa shape index (κ1) is 9.71. The Kier molecular flexibility index (Phi) is 2.41. The number of imidazole rings is 1. The van der Waals surface area contributed by atoms with Gasteiger partial charge in [0.15, 0.2) is 0 Å². The van der Waals surface area contributed by atoms with Crippen molar-refractivity contribution in [2.24, 2.45) is 0 Å². The summed E-state index contributed by atoms with van der Waals surface area (Å²) in [4.78, 5) is 15.2. The minimum Gasteiger partial charge on any atom is -0.336 e. The summed E-state index contributed by atoms with van der Waals surface area (Å²) in [6.45, 7) is 3.44. The summed E-state index contributed by atoms with van der Waals surface area (Å²) in [5.74, 6) is -0.0414. The van der Waals surface area contributed by atoms with Crippen LogP contribution in [0.25, 0.3) is 11.0 Å². The third-order valence-corrected chi connectivity index (χ3v) is 2.31. The molecule has 0 fully saturated rings. The van der Waals surface area contributed by atoms with E-state index in [0.29, 0.717) is 0 Å². The summed E-state index contributed by atoms with van der Waals surface area (Å²) in [6, 6.07) is 7.84. The molecule has 0 aliphatic rings. The van der Waals surface area contributed by atoms with E-state index >= 15 is 0 Å². The van der Waals surface area contributed by atoms with Gasteiger partial charge in [0.25, 0.3) is 0 Å². The van der Waals surface area contributed by atoms with Gasteiger partial charge in [-0.15, -0.1) is 0 Å². The van der Waals surface area contributed by atoms with Crippen molar-refractivity contribution in [1.82, 2.24) is 14.9 Å². The second-order valence-electron chi connectivity index (χ2n) is 3.52. The van der Waals surface area contributed by atoms with E-state index in [1.54, 1.807) is 6.33 Å². The maximum Gasteiger partial charge on any atom is 0.218 e. The summed E-state index contributed by atoms with van der Waals surface area (Å²) in [5, 5.41) is 2.82. The van der Waals surface area contributed by atoms with Gasteiger partial charge in [0, 0.05) is 6.92 Å². The number of fused-ring (bicyclic) bond motifs is 1. The molecule has 1 heterocycles. The van der Waals surface area contributed by atoms with E-state index in [-0.39, 0.29) is 12.1 Å². The smallest absolute Gasteiger partial charge is 0.218 e. The van der Waals surface area contributed by atoms with Crippen LogP contribution in [0.2, 0.25) is 0 Å². The van der Waals surface area contributed by atoms with E-state index in [2.05, 4.69) is 10.3 Å². The van der Waals surface area contributed by atoms with Gasteiger partial charge in [0.2, 0.25) is 5.91 Å². The molecule has 0 saturated heterocycles. The molecule has 4 heteroatoms. The van der Waals surface area contributed by atoms with Gasteiger partial charge in [-0.05, 0) is 19.1 Å². The van der Waals surface area contributed by atoms with Crippen LogP contribution >= 0.6 is 0 Å². The fourth-order valence-corrected chi connectivity index (χ4v) is 1.65. The molecule has 0 radical (unpaired) electrons. The lowest BCUT2D eigenvalue weighted by Crippen LogP contribution is -2.27. The number of rotatable bonds is 2. The van der Waals surface area contributed by atoms with Crippen LogP contribution in [0.4, 0.5) is 0 Å². The Morgan fingerprint density at radius 2 is 2.20 bits per heavy atom. The van der Waals surface area contributed by atoms with E-state index in [9.17, 15) is 4.79 Å². The number of para-hydroxylation sites is 2. The lowest BCUT2D eigenvalue weighted by molar-refractivity contribution is -0.120. The number of carbonyl (C=O) groups is 1. The molecule has 15 heavy (non-hydrogen) atoms. The van der Waals surface area contributed by atoms with Crippen molar-refractivity contribution in [2.45, 2.75) is 20.0 Å². The first-order chi connectivity index (χ1) is 7.18. The minimum absolute atomic E-state index is 0.0414.